The Hall–Kier alpha value is -5.06. The molecule has 0 aliphatic carbocycles. The van der Waals surface area contributed by atoms with E-state index in [2.05, 4.69) is 22.1 Å². The van der Waals surface area contributed by atoms with E-state index < -0.39 is 0 Å². The summed E-state index contributed by atoms with van der Waals surface area (Å²) in [5.41, 5.74) is 5.22. The summed E-state index contributed by atoms with van der Waals surface area (Å²) in [6.07, 6.45) is 9.02. The molecule has 0 unspecified atom stereocenters. The van der Waals surface area contributed by atoms with E-state index in [0.717, 1.165) is 66.9 Å². The molecule has 6 rings (SSSR count). The number of para-hydroxylation sites is 1. The minimum atomic E-state index is -0.267. The van der Waals surface area contributed by atoms with Crippen LogP contribution in [0.15, 0.2) is 61.1 Å². The topological polar surface area (TPSA) is 106 Å². The number of imidazole rings is 1. The van der Waals surface area contributed by atoms with Crippen LogP contribution in [0.3, 0.4) is 0 Å². The number of nitrogens with zero attached hydrogens (tertiary/aromatic N) is 6. The van der Waals surface area contributed by atoms with E-state index in [1.165, 1.54) is 0 Å². The summed E-state index contributed by atoms with van der Waals surface area (Å²) < 4.78 is 15.4. The molecule has 2 amide bonds. The number of pyridine rings is 1. The Kier molecular flexibility index (Phi) is 9.33. The molecule has 4 heterocycles. The molecule has 0 bridgehead atoms. The molecular weight excluding hydrogens is 594 g/mol. The second kappa shape index (κ2) is 13.7. The normalized spacial score (nSPS) is 13.7. The quantitative estimate of drug-likeness (QED) is 0.163. The first-order valence-corrected chi connectivity index (χ1v) is 16.4. The van der Waals surface area contributed by atoms with Gasteiger partial charge in [-0.15, -0.1) is 0 Å². The molecule has 0 radical (unpaired) electrons. The zero-order valence-electron chi connectivity index (χ0n) is 27.8. The Bertz CT molecular complexity index is 1900. The Morgan fingerprint density at radius 1 is 1.02 bits per heavy atom. The number of piperidine rings is 1. The summed E-state index contributed by atoms with van der Waals surface area (Å²) in [6, 6.07) is 13.6. The second-order valence-corrected chi connectivity index (χ2v) is 12.2. The number of carbonyl (C=O) groups excluding carboxylic acids is 2. The number of hydrogen-bond acceptors (Lipinski definition) is 7. The maximum Gasteiger partial charge on any atom is 0.409 e. The summed E-state index contributed by atoms with van der Waals surface area (Å²) in [5.74, 6) is 1.00. The molecule has 11 heteroatoms. The van der Waals surface area contributed by atoms with E-state index in [4.69, 9.17) is 14.6 Å². The fraction of sp³-hybridized carbons (Fsp3) is 0.389. The van der Waals surface area contributed by atoms with E-state index in [1.54, 1.807) is 10.7 Å². The first-order chi connectivity index (χ1) is 22.7. The average Bonchev–Trinajstić information content (AvgIpc) is 3.64. The molecule has 11 nitrogen and oxygen atoms in total. The molecule has 47 heavy (non-hydrogen) atoms. The van der Waals surface area contributed by atoms with Crippen LogP contribution in [0.1, 0.15) is 61.1 Å². The highest BCUT2D eigenvalue weighted by molar-refractivity contribution is 6.14. The lowest BCUT2D eigenvalue weighted by atomic mass is 10.0. The summed E-state index contributed by atoms with van der Waals surface area (Å²) >= 11 is 0. The number of amides is 2. The molecule has 5 aromatic rings. The molecule has 2 aromatic carbocycles. The van der Waals surface area contributed by atoms with Gasteiger partial charge in [-0.05, 0) is 63.8 Å². The molecule has 0 spiro atoms. The standard InChI is InChI=1S/C36H43N7O4/c1-6-8-19-46-36(45)43(7-2)27-15-17-41(18-16-27)30-14-13-28(33-29(30)23-40(5)39-33)35(44)38-26-20-32(34-37-25(4)21-42(34)22-26)47-31-12-10-9-11-24(31)3/h9-14,20-23,27H,6-8,15-19H2,1-5H3,(H,38,44). The molecule has 246 valence electrons. The first-order valence-electron chi connectivity index (χ1n) is 16.4. The van der Waals surface area contributed by atoms with Gasteiger partial charge >= 0.3 is 6.09 Å². The van der Waals surface area contributed by atoms with Crippen LogP contribution in [0.5, 0.6) is 11.5 Å². The molecule has 1 fully saturated rings. The molecule has 0 atom stereocenters. The molecule has 3 aromatic heterocycles. The Balaban J connectivity index is 1.21. The van der Waals surface area contributed by atoms with Gasteiger partial charge in [-0.1, -0.05) is 31.5 Å². The fourth-order valence-electron chi connectivity index (χ4n) is 6.33. The number of anilines is 2. The van der Waals surface area contributed by atoms with Gasteiger partial charge in [-0.2, -0.15) is 5.10 Å². The predicted octanol–water partition coefficient (Wildman–Crippen LogP) is 7.11. The average molecular weight is 638 g/mol. The largest absolute Gasteiger partial charge is 0.453 e. The smallest absolute Gasteiger partial charge is 0.409 e. The summed E-state index contributed by atoms with van der Waals surface area (Å²) in [4.78, 5) is 35.4. The maximum atomic E-state index is 13.8. The van der Waals surface area contributed by atoms with Crippen LogP contribution >= 0.6 is 0 Å². The Morgan fingerprint density at radius 3 is 2.55 bits per heavy atom. The number of hydrogen-bond donors (Lipinski definition) is 1. The predicted molar refractivity (Wildman–Crippen MR) is 184 cm³/mol. The molecule has 1 saturated heterocycles. The fourth-order valence-corrected chi connectivity index (χ4v) is 6.33. The van der Waals surface area contributed by atoms with Crippen molar-refractivity contribution < 1.29 is 19.1 Å². The highest BCUT2D eigenvalue weighted by Gasteiger charge is 2.29. The highest BCUT2D eigenvalue weighted by atomic mass is 16.6. The molecule has 0 saturated carbocycles. The van der Waals surface area contributed by atoms with Gasteiger partial charge < -0.3 is 29.0 Å². The minimum Gasteiger partial charge on any atom is -0.453 e. The van der Waals surface area contributed by atoms with Crippen molar-refractivity contribution in [1.82, 2.24) is 24.1 Å². The molecule has 1 aliphatic rings. The molecule has 1 N–H and O–H groups in total. The van der Waals surface area contributed by atoms with Crippen molar-refractivity contribution in [1.29, 1.82) is 0 Å². The van der Waals surface area contributed by atoms with E-state index in [9.17, 15) is 9.59 Å². The zero-order valence-corrected chi connectivity index (χ0v) is 27.8. The van der Waals surface area contributed by atoms with Gasteiger partial charge in [0.25, 0.3) is 5.91 Å². The highest BCUT2D eigenvalue weighted by Crippen LogP contribution is 2.34. The van der Waals surface area contributed by atoms with Crippen molar-refractivity contribution in [3.63, 3.8) is 0 Å². The van der Waals surface area contributed by atoms with Crippen LogP contribution < -0.4 is 15.0 Å². The summed E-state index contributed by atoms with van der Waals surface area (Å²) in [7, 11) is 1.87. The number of nitrogens with one attached hydrogen (secondary N) is 1. The monoisotopic (exact) mass is 637 g/mol. The number of rotatable bonds is 10. The van der Waals surface area contributed by atoms with Gasteiger partial charge in [0.05, 0.1) is 23.6 Å². The maximum absolute atomic E-state index is 13.8. The molecule has 1 aliphatic heterocycles. The Morgan fingerprint density at radius 2 is 1.81 bits per heavy atom. The lowest BCUT2D eigenvalue weighted by Crippen LogP contribution is -2.47. The number of aryl methyl sites for hydroxylation is 3. The van der Waals surface area contributed by atoms with Gasteiger partial charge in [0.2, 0.25) is 0 Å². The van der Waals surface area contributed by atoms with E-state index in [-0.39, 0.29) is 18.0 Å². The first kappa shape index (κ1) is 31.9. The number of unbranched alkanes of at least 4 members (excludes halogenated alkanes) is 1. The third-order valence-electron chi connectivity index (χ3n) is 8.77. The molecular formula is C36H43N7O4. The van der Waals surface area contributed by atoms with Crippen molar-refractivity contribution in [3.8, 4) is 11.5 Å². The van der Waals surface area contributed by atoms with Crippen molar-refractivity contribution in [2.45, 2.75) is 59.4 Å². The van der Waals surface area contributed by atoms with Crippen LogP contribution in [-0.4, -0.2) is 68.3 Å². The number of benzene rings is 2. The van der Waals surface area contributed by atoms with Crippen LogP contribution in [0, 0.1) is 13.8 Å². The number of ether oxygens (including phenoxy) is 2. The lowest BCUT2D eigenvalue weighted by Gasteiger charge is -2.38. The zero-order chi connectivity index (χ0) is 33.1. The van der Waals surface area contributed by atoms with Crippen LogP contribution in [0.25, 0.3) is 16.6 Å². The van der Waals surface area contributed by atoms with Crippen molar-refractivity contribution >= 4 is 39.9 Å². The van der Waals surface area contributed by atoms with Gasteiger partial charge in [-0.25, -0.2) is 9.78 Å². The SMILES string of the molecule is CCCCOC(=O)N(CC)C1CCN(c2ccc(C(=O)Nc3cc(Oc4ccccc4C)c4nc(C)cn4c3)c3nn(C)cc23)CC1. The van der Waals surface area contributed by atoms with E-state index in [0.29, 0.717) is 41.3 Å². The van der Waals surface area contributed by atoms with Crippen molar-refractivity contribution in [2.24, 2.45) is 7.05 Å². The third-order valence-corrected chi connectivity index (χ3v) is 8.77. The van der Waals surface area contributed by atoms with E-state index >= 15 is 0 Å². The van der Waals surface area contributed by atoms with Crippen LogP contribution in [0.2, 0.25) is 0 Å². The number of aromatic nitrogens is 4. The van der Waals surface area contributed by atoms with Crippen LogP contribution in [-0.2, 0) is 11.8 Å². The summed E-state index contributed by atoms with van der Waals surface area (Å²) in [5, 5.41) is 8.69. The van der Waals surface area contributed by atoms with Crippen LogP contribution in [0.4, 0.5) is 16.2 Å². The second-order valence-electron chi connectivity index (χ2n) is 12.2. The van der Waals surface area contributed by atoms with Gasteiger partial charge in [0, 0.05) is 68.5 Å². The van der Waals surface area contributed by atoms with Gasteiger partial charge in [0.15, 0.2) is 11.4 Å². The van der Waals surface area contributed by atoms with Crippen molar-refractivity contribution in [2.75, 3.05) is 36.5 Å². The summed E-state index contributed by atoms with van der Waals surface area (Å²) in [6.45, 7) is 10.7. The Labute approximate surface area is 275 Å². The minimum absolute atomic E-state index is 0.135. The van der Waals surface area contributed by atoms with Gasteiger partial charge in [0.1, 0.15) is 11.3 Å². The van der Waals surface area contributed by atoms with Gasteiger partial charge in [-0.3, -0.25) is 9.48 Å². The van der Waals surface area contributed by atoms with Crippen molar-refractivity contribution in [3.05, 3.63) is 77.9 Å². The third kappa shape index (κ3) is 6.74. The van der Waals surface area contributed by atoms with E-state index in [1.807, 2.05) is 92.1 Å². The number of carbonyl (C=O) groups is 2. The number of fused-ring (bicyclic) bond motifs is 2. The lowest BCUT2D eigenvalue weighted by molar-refractivity contribution is 0.0816.